The fraction of sp³-hybridized carbons (Fsp3) is 0.500. The van der Waals surface area contributed by atoms with Crippen LogP contribution in [0.5, 0.6) is 0 Å². The molecular weight excluding hydrogens is 266 g/mol. The Morgan fingerprint density at radius 2 is 2.05 bits per heavy atom. The highest BCUT2D eigenvalue weighted by molar-refractivity contribution is 5.51. The van der Waals surface area contributed by atoms with Crippen molar-refractivity contribution >= 4 is 0 Å². The number of rotatable bonds is 3. The predicted molar refractivity (Wildman–Crippen MR) is 79.5 cm³/mol. The van der Waals surface area contributed by atoms with Gasteiger partial charge in [-0.15, -0.1) is 0 Å². The SMILES string of the molecule is CC1(O)CCCN(Cc2noc(-c3ccccc3)n2)CC1. The molecule has 5 heteroatoms. The molecule has 0 amide bonds. The number of hydrogen-bond donors (Lipinski definition) is 1. The molecule has 1 aromatic heterocycles. The van der Waals surface area contributed by atoms with Gasteiger partial charge < -0.3 is 9.63 Å². The Kier molecular flexibility index (Phi) is 4.03. The first-order chi connectivity index (χ1) is 10.1. The summed E-state index contributed by atoms with van der Waals surface area (Å²) in [5.74, 6) is 1.27. The molecule has 1 N–H and O–H groups in total. The van der Waals surface area contributed by atoms with Gasteiger partial charge in [0.1, 0.15) is 0 Å². The van der Waals surface area contributed by atoms with E-state index in [4.69, 9.17) is 4.52 Å². The number of aliphatic hydroxyl groups is 1. The average Bonchev–Trinajstić information content (AvgIpc) is 2.87. The van der Waals surface area contributed by atoms with E-state index in [2.05, 4.69) is 15.0 Å². The zero-order chi connectivity index (χ0) is 14.7. The number of hydrogen-bond acceptors (Lipinski definition) is 5. The van der Waals surface area contributed by atoms with Gasteiger partial charge in [0, 0.05) is 12.1 Å². The van der Waals surface area contributed by atoms with Gasteiger partial charge >= 0.3 is 0 Å². The number of benzene rings is 1. The largest absolute Gasteiger partial charge is 0.390 e. The summed E-state index contributed by atoms with van der Waals surface area (Å²) >= 11 is 0. The Balaban J connectivity index is 1.65. The fourth-order valence-electron chi connectivity index (χ4n) is 2.69. The van der Waals surface area contributed by atoms with Crippen LogP contribution in [0.1, 0.15) is 32.0 Å². The number of nitrogens with zero attached hydrogens (tertiary/aromatic N) is 3. The minimum absolute atomic E-state index is 0.540. The molecule has 1 aromatic carbocycles. The monoisotopic (exact) mass is 287 g/mol. The molecule has 1 fully saturated rings. The predicted octanol–water partition coefficient (Wildman–Crippen LogP) is 2.47. The van der Waals surface area contributed by atoms with Crippen LogP contribution >= 0.6 is 0 Å². The average molecular weight is 287 g/mol. The van der Waals surface area contributed by atoms with Crippen LogP contribution in [0, 0.1) is 0 Å². The minimum Gasteiger partial charge on any atom is -0.390 e. The van der Waals surface area contributed by atoms with Gasteiger partial charge in [0.25, 0.3) is 5.89 Å². The molecule has 1 atom stereocenters. The third kappa shape index (κ3) is 3.68. The first-order valence-electron chi connectivity index (χ1n) is 7.45. The van der Waals surface area contributed by atoms with Crippen LogP contribution in [0.15, 0.2) is 34.9 Å². The maximum Gasteiger partial charge on any atom is 0.257 e. The van der Waals surface area contributed by atoms with Gasteiger partial charge in [0.2, 0.25) is 0 Å². The van der Waals surface area contributed by atoms with Crippen molar-refractivity contribution in [2.45, 2.75) is 38.3 Å². The number of aromatic nitrogens is 2. The summed E-state index contributed by atoms with van der Waals surface area (Å²) in [5, 5.41) is 14.2. The second kappa shape index (κ2) is 5.95. The van der Waals surface area contributed by atoms with Crippen molar-refractivity contribution in [2.24, 2.45) is 0 Å². The van der Waals surface area contributed by atoms with Crippen molar-refractivity contribution < 1.29 is 9.63 Å². The molecule has 0 radical (unpaired) electrons. The third-order valence-electron chi connectivity index (χ3n) is 4.01. The highest BCUT2D eigenvalue weighted by Crippen LogP contribution is 2.22. The van der Waals surface area contributed by atoms with Crippen LogP contribution in [0.3, 0.4) is 0 Å². The van der Waals surface area contributed by atoms with Crippen LogP contribution in [0.2, 0.25) is 0 Å². The molecule has 1 saturated heterocycles. The lowest BCUT2D eigenvalue weighted by molar-refractivity contribution is 0.0443. The molecule has 1 aliphatic heterocycles. The van der Waals surface area contributed by atoms with Crippen LogP contribution in [-0.2, 0) is 6.54 Å². The molecule has 5 nitrogen and oxygen atoms in total. The van der Waals surface area contributed by atoms with Gasteiger partial charge in [-0.05, 0) is 44.9 Å². The molecule has 0 bridgehead atoms. The van der Waals surface area contributed by atoms with Crippen molar-refractivity contribution in [3.63, 3.8) is 0 Å². The highest BCUT2D eigenvalue weighted by atomic mass is 16.5. The summed E-state index contributed by atoms with van der Waals surface area (Å²) in [6.45, 7) is 4.42. The standard InChI is InChI=1S/C16H21N3O2/c1-16(20)8-5-10-19(11-9-16)12-14-17-15(21-18-14)13-6-3-2-4-7-13/h2-4,6-7,20H,5,8-12H2,1H3. The molecule has 0 aliphatic carbocycles. The van der Waals surface area contributed by atoms with Crippen molar-refractivity contribution in [1.29, 1.82) is 0 Å². The lowest BCUT2D eigenvalue weighted by Crippen LogP contribution is -2.28. The molecule has 0 saturated carbocycles. The third-order valence-corrected chi connectivity index (χ3v) is 4.01. The Bertz CT molecular complexity index is 580. The van der Waals surface area contributed by atoms with Crippen molar-refractivity contribution in [3.05, 3.63) is 36.2 Å². The van der Waals surface area contributed by atoms with E-state index >= 15 is 0 Å². The first kappa shape index (κ1) is 14.2. The molecular formula is C16H21N3O2. The second-order valence-corrected chi connectivity index (χ2v) is 6.01. The molecule has 2 aromatic rings. The summed E-state index contributed by atoms with van der Waals surface area (Å²) in [4.78, 5) is 6.74. The summed E-state index contributed by atoms with van der Waals surface area (Å²) < 4.78 is 5.33. The molecule has 112 valence electrons. The Morgan fingerprint density at radius 1 is 1.24 bits per heavy atom. The molecule has 2 heterocycles. The normalized spacial score (nSPS) is 23.9. The van der Waals surface area contributed by atoms with Gasteiger partial charge in [-0.1, -0.05) is 23.4 Å². The maximum atomic E-state index is 10.1. The maximum absolute atomic E-state index is 10.1. The van der Waals surface area contributed by atoms with E-state index in [0.717, 1.165) is 37.9 Å². The quantitative estimate of drug-likeness (QED) is 0.939. The van der Waals surface area contributed by atoms with Gasteiger partial charge in [-0.2, -0.15) is 4.98 Å². The van der Waals surface area contributed by atoms with Crippen molar-refractivity contribution in [2.75, 3.05) is 13.1 Å². The van der Waals surface area contributed by atoms with Crippen molar-refractivity contribution in [3.8, 4) is 11.5 Å². The zero-order valence-electron chi connectivity index (χ0n) is 12.3. The zero-order valence-corrected chi connectivity index (χ0v) is 12.3. The van der Waals surface area contributed by atoms with Crippen LogP contribution < -0.4 is 0 Å². The first-order valence-corrected chi connectivity index (χ1v) is 7.45. The van der Waals surface area contributed by atoms with Crippen LogP contribution in [0.25, 0.3) is 11.5 Å². The van der Waals surface area contributed by atoms with E-state index in [0.29, 0.717) is 18.3 Å². The van der Waals surface area contributed by atoms with Gasteiger partial charge in [-0.3, -0.25) is 4.90 Å². The molecule has 1 aliphatic rings. The molecule has 21 heavy (non-hydrogen) atoms. The van der Waals surface area contributed by atoms with E-state index in [1.165, 1.54) is 0 Å². The summed E-state index contributed by atoms with van der Waals surface area (Å²) in [6, 6.07) is 9.79. The van der Waals surface area contributed by atoms with E-state index in [1.807, 2.05) is 37.3 Å². The van der Waals surface area contributed by atoms with E-state index in [9.17, 15) is 5.11 Å². The highest BCUT2D eigenvalue weighted by Gasteiger charge is 2.25. The Labute approximate surface area is 124 Å². The fourth-order valence-corrected chi connectivity index (χ4v) is 2.69. The van der Waals surface area contributed by atoms with Gasteiger partial charge in [0.15, 0.2) is 5.82 Å². The van der Waals surface area contributed by atoms with Gasteiger partial charge in [-0.25, -0.2) is 0 Å². The summed E-state index contributed by atoms with van der Waals surface area (Å²) in [7, 11) is 0. The van der Waals surface area contributed by atoms with Crippen molar-refractivity contribution in [1.82, 2.24) is 15.0 Å². The van der Waals surface area contributed by atoms with Gasteiger partial charge in [0.05, 0.1) is 12.1 Å². The minimum atomic E-state index is -0.540. The summed E-state index contributed by atoms with van der Waals surface area (Å²) in [5.41, 5.74) is 0.399. The molecule has 0 spiro atoms. The topological polar surface area (TPSA) is 62.4 Å². The van der Waals surface area contributed by atoms with Crippen LogP contribution in [0.4, 0.5) is 0 Å². The van der Waals surface area contributed by atoms with E-state index in [-0.39, 0.29) is 0 Å². The Hall–Kier alpha value is -1.72. The van der Waals surface area contributed by atoms with E-state index < -0.39 is 5.60 Å². The molecule has 3 rings (SSSR count). The molecule has 1 unspecified atom stereocenters. The Morgan fingerprint density at radius 3 is 2.86 bits per heavy atom. The van der Waals surface area contributed by atoms with E-state index in [1.54, 1.807) is 0 Å². The lowest BCUT2D eigenvalue weighted by atomic mass is 9.98. The second-order valence-electron chi connectivity index (χ2n) is 6.01. The number of likely N-dealkylation sites (tertiary alicyclic amines) is 1. The summed E-state index contributed by atoms with van der Waals surface area (Å²) in [6.07, 6.45) is 2.64. The lowest BCUT2D eigenvalue weighted by Gasteiger charge is -2.21. The van der Waals surface area contributed by atoms with Crippen LogP contribution in [-0.4, -0.2) is 38.8 Å². The smallest absolute Gasteiger partial charge is 0.257 e.